The summed E-state index contributed by atoms with van der Waals surface area (Å²) in [7, 11) is 0. The van der Waals surface area contributed by atoms with Gasteiger partial charge in [0.2, 0.25) is 5.91 Å². The van der Waals surface area contributed by atoms with Crippen LogP contribution in [0.2, 0.25) is 0 Å². The normalized spacial score (nSPS) is 13.6. The standard InChI is InChI=1S/C15H21N5O/c16-12(6-11-4-2-1-3-5-11)8-19-15(21)14(17)7-13-9-18-10-20-13/h1-5,9-10,12,14H,6-8,16-17H2,(H,18,20)(H,19,21)/t12-,14+/m1/s1. The predicted octanol–water partition coefficient (Wildman–Crippen LogP) is -0.0343. The second-order valence-corrected chi connectivity index (χ2v) is 5.08. The summed E-state index contributed by atoms with van der Waals surface area (Å²) in [6, 6.07) is 9.22. The van der Waals surface area contributed by atoms with Gasteiger partial charge in [0.05, 0.1) is 12.4 Å². The van der Waals surface area contributed by atoms with E-state index in [0.717, 1.165) is 17.7 Å². The second kappa shape index (κ2) is 7.56. The van der Waals surface area contributed by atoms with Gasteiger partial charge in [-0.1, -0.05) is 30.3 Å². The second-order valence-electron chi connectivity index (χ2n) is 5.08. The van der Waals surface area contributed by atoms with Gasteiger partial charge in [-0.3, -0.25) is 4.79 Å². The number of hydrogen-bond donors (Lipinski definition) is 4. The highest BCUT2D eigenvalue weighted by molar-refractivity contribution is 5.81. The predicted molar refractivity (Wildman–Crippen MR) is 81.4 cm³/mol. The van der Waals surface area contributed by atoms with Crippen LogP contribution in [0.4, 0.5) is 0 Å². The number of benzene rings is 1. The lowest BCUT2D eigenvalue weighted by molar-refractivity contribution is -0.122. The van der Waals surface area contributed by atoms with Crippen LogP contribution in [0, 0.1) is 0 Å². The van der Waals surface area contributed by atoms with Gasteiger partial charge in [-0.05, 0) is 12.0 Å². The SMILES string of the molecule is N[C@@H](CNC(=O)[C@@H](N)Cc1cnc[nH]1)Cc1ccccc1. The molecule has 0 saturated carbocycles. The average Bonchev–Trinajstić information content (AvgIpc) is 2.98. The maximum atomic E-state index is 11.9. The summed E-state index contributed by atoms with van der Waals surface area (Å²) in [4.78, 5) is 18.7. The Hall–Kier alpha value is -2.18. The van der Waals surface area contributed by atoms with Gasteiger partial charge >= 0.3 is 0 Å². The van der Waals surface area contributed by atoms with Crippen LogP contribution in [0.1, 0.15) is 11.3 Å². The Morgan fingerprint density at radius 2 is 2.00 bits per heavy atom. The van der Waals surface area contributed by atoms with E-state index in [1.807, 2.05) is 30.3 Å². The fourth-order valence-electron chi connectivity index (χ4n) is 2.08. The Balaban J connectivity index is 1.73. The first-order valence-electron chi connectivity index (χ1n) is 6.95. The summed E-state index contributed by atoms with van der Waals surface area (Å²) in [5.41, 5.74) is 13.9. The zero-order valence-corrected chi connectivity index (χ0v) is 11.8. The number of hydrogen-bond acceptors (Lipinski definition) is 4. The van der Waals surface area contributed by atoms with E-state index in [-0.39, 0.29) is 11.9 Å². The van der Waals surface area contributed by atoms with E-state index in [9.17, 15) is 4.79 Å². The molecule has 2 rings (SSSR count). The number of nitrogens with one attached hydrogen (secondary N) is 2. The molecule has 0 unspecified atom stereocenters. The van der Waals surface area contributed by atoms with Crippen LogP contribution in [0.25, 0.3) is 0 Å². The Morgan fingerprint density at radius 1 is 1.24 bits per heavy atom. The summed E-state index contributed by atoms with van der Waals surface area (Å²) in [5.74, 6) is -0.201. The summed E-state index contributed by atoms with van der Waals surface area (Å²) in [6.45, 7) is 0.407. The molecule has 1 heterocycles. The molecule has 6 N–H and O–H groups in total. The van der Waals surface area contributed by atoms with Crippen molar-refractivity contribution in [3.05, 3.63) is 54.1 Å². The molecule has 21 heavy (non-hydrogen) atoms. The first-order valence-corrected chi connectivity index (χ1v) is 6.95. The first kappa shape index (κ1) is 15.2. The van der Waals surface area contributed by atoms with Crippen LogP contribution in [0.15, 0.2) is 42.9 Å². The molecule has 0 bridgehead atoms. The van der Waals surface area contributed by atoms with Crippen LogP contribution in [0.5, 0.6) is 0 Å². The molecular formula is C15H21N5O. The van der Waals surface area contributed by atoms with Crippen molar-refractivity contribution in [3.63, 3.8) is 0 Å². The smallest absolute Gasteiger partial charge is 0.237 e. The van der Waals surface area contributed by atoms with Crippen LogP contribution in [-0.2, 0) is 17.6 Å². The molecule has 2 atom stereocenters. The van der Waals surface area contributed by atoms with E-state index in [4.69, 9.17) is 11.5 Å². The molecule has 6 heteroatoms. The Kier molecular flexibility index (Phi) is 5.48. The molecule has 0 aliphatic carbocycles. The van der Waals surface area contributed by atoms with E-state index in [0.29, 0.717) is 13.0 Å². The van der Waals surface area contributed by atoms with Crippen molar-refractivity contribution in [1.29, 1.82) is 0 Å². The van der Waals surface area contributed by atoms with E-state index in [2.05, 4.69) is 15.3 Å². The molecule has 112 valence electrons. The molecule has 1 amide bonds. The first-order chi connectivity index (χ1) is 10.1. The van der Waals surface area contributed by atoms with Gasteiger partial charge in [-0.2, -0.15) is 0 Å². The van der Waals surface area contributed by atoms with Crippen LogP contribution in [0.3, 0.4) is 0 Å². The highest BCUT2D eigenvalue weighted by Gasteiger charge is 2.15. The Labute approximate surface area is 123 Å². The molecule has 2 aromatic rings. The zero-order valence-electron chi connectivity index (χ0n) is 11.8. The van der Waals surface area contributed by atoms with Crippen molar-refractivity contribution < 1.29 is 4.79 Å². The number of rotatable bonds is 7. The van der Waals surface area contributed by atoms with Gasteiger partial charge in [-0.25, -0.2) is 4.98 Å². The topological polar surface area (TPSA) is 110 Å². The number of imidazole rings is 1. The maximum absolute atomic E-state index is 11.9. The molecule has 0 fully saturated rings. The van der Waals surface area contributed by atoms with E-state index in [1.165, 1.54) is 0 Å². The van der Waals surface area contributed by atoms with Gasteiger partial charge in [0, 0.05) is 30.9 Å². The molecular weight excluding hydrogens is 266 g/mol. The lowest BCUT2D eigenvalue weighted by atomic mass is 10.1. The van der Waals surface area contributed by atoms with Crippen molar-refractivity contribution in [3.8, 4) is 0 Å². The molecule has 0 aliphatic heterocycles. The fraction of sp³-hybridized carbons (Fsp3) is 0.333. The maximum Gasteiger partial charge on any atom is 0.237 e. The molecule has 6 nitrogen and oxygen atoms in total. The molecule has 0 aliphatic rings. The van der Waals surface area contributed by atoms with Crippen molar-refractivity contribution in [2.45, 2.75) is 24.9 Å². The van der Waals surface area contributed by atoms with Gasteiger partial charge in [-0.15, -0.1) is 0 Å². The van der Waals surface area contributed by atoms with Crippen molar-refractivity contribution in [2.75, 3.05) is 6.54 Å². The minimum absolute atomic E-state index is 0.129. The van der Waals surface area contributed by atoms with Gasteiger partial charge < -0.3 is 21.8 Å². The van der Waals surface area contributed by atoms with Crippen molar-refractivity contribution in [1.82, 2.24) is 15.3 Å². The minimum atomic E-state index is -0.602. The molecule has 1 aromatic carbocycles. The summed E-state index contributed by atoms with van der Waals surface area (Å²) >= 11 is 0. The van der Waals surface area contributed by atoms with E-state index >= 15 is 0 Å². The summed E-state index contributed by atoms with van der Waals surface area (Å²) < 4.78 is 0. The van der Waals surface area contributed by atoms with Crippen molar-refractivity contribution in [2.24, 2.45) is 11.5 Å². The third-order valence-corrected chi connectivity index (χ3v) is 3.21. The highest BCUT2D eigenvalue weighted by atomic mass is 16.2. The quantitative estimate of drug-likeness (QED) is 0.573. The number of nitrogens with two attached hydrogens (primary N) is 2. The third-order valence-electron chi connectivity index (χ3n) is 3.21. The van der Waals surface area contributed by atoms with Crippen LogP contribution >= 0.6 is 0 Å². The molecule has 0 spiro atoms. The third kappa shape index (κ3) is 5.02. The van der Waals surface area contributed by atoms with Gasteiger partial charge in [0.25, 0.3) is 0 Å². The van der Waals surface area contributed by atoms with Gasteiger partial charge in [0.15, 0.2) is 0 Å². The summed E-state index contributed by atoms with van der Waals surface area (Å²) in [5, 5.41) is 2.79. The largest absolute Gasteiger partial charge is 0.353 e. The molecule has 0 radical (unpaired) electrons. The average molecular weight is 287 g/mol. The van der Waals surface area contributed by atoms with Crippen LogP contribution < -0.4 is 16.8 Å². The minimum Gasteiger partial charge on any atom is -0.353 e. The molecule has 1 aromatic heterocycles. The monoisotopic (exact) mass is 287 g/mol. The van der Waals surface area contributed by atoms with E-state index < -0.39 is 6.04 Å². The van der Waals surface area contributed by atoms with E-state index in [1.54, 1.807) is 12.5 Å². The zero-order chi connectivity index (χ0) is 15.1. The lowest BCUT2D eigenvalue weighted by Crippen LogP contribution is -2.46. The van der Waals surface area contributed by atoms with Gasteiger partial charge in [0.1, 0.15) is 0 Å². The number of H-pyrrole nitrogens is 1. The number of carbonyl (C=O) groups is 1. The number of aromatic amines is 1. The van der Waals surface area contributed by atoms with Crippen molar-refractivity contribution >= 4 is 5.91 Å². The van der Waals surface area contributed by atoms with Crippen LogP contribution in [-0.4, -0.2) is 34.5 Å². The highest BCUT2D eigenvalue weighted by Crippen LogP contribution is 2.01. The Bertz CT molecular complexity index is 540. The Morgan fingerprint density at radius 3 is 2.67 bits per heavy atom. The number of nitrogens with zero attached hydrogens (tertiary/aromatic N) is 1. The molecule has 0 saturated heterocycles. The fourth-order valence-corrected chi connectivity index (χ4v) is 2.08. The lowest BCUT2D eigenvalue weighted by Gasteiger charge is -2.15. The summed E-state index contributed by atoms with van der Waals surface area (Å²) in [6.07, 6.45) is 4.38. The number of carbonyl (C=O) groups excluding carboxylic acids is 1. The number of amides is 1. The number of aromatic nitrogens is 2.